The fourth-order valence-corrected chi connectivity index (χ4v) is 5.03. The molecule has 4 aromatic rings. The predicted molar refractivity (Wildman–Crippen MR) is 132 cm³/mol. The Morgan fingerprint density at radius 3 is 2.64 bits per heavy atom. The summed E-state index contributed by atoms with van der Waals surface area (Å²) >= 11 is 0. The summed E-state index contributed by atoms with van der Waals surface area (Å²) in [6, 6.07) is 13.6. The molecule has 1 amide bonds. The molecule has 0 bridgehead atoms. The van der Waals surface area contributed by atoms with Crippen LogP contribution in [0.3, 0.4) is 0 Å². The summed E-state index contributed by atoms with van der Waals surface area (Å²) in [7, 11) is 0. The maximum Gasteiger partial charge on any atom is 0.407 e. The van der Waals surface area contributed by atoms with Crippen LogP contribution in [0.4, 0.5) is 4.79 Å². The molecule has 1 fully saturated rings. The van der Waals surface area contributed by atoms with Crippen molar-refractivity contribution in [2.75, 3.05) is 6.54 Å². The highest BCUT2D eigenvalue weighted by atomic mass is 16.5. The summed E-state index contributed by atoms with van der Waals surface area (Å²) < 4.78 is 7.36. The van der Waals surface area contributed by atoms with Crippen molar-refractivity contribution in [2.24, 2.45) is 5.41 Å². The van der Waals surface area contributed by atoms with E-state index in [0.29, 0.717) is 31.2 Å². The van der Waals surface area contributed by atoms with E-state index in [0.717, 1.165) is 35.4 Å². The van der Waals surface area contributed by atoms with E-state index < -0.39 is 11.6 Å². The van der Waals surface area contributed by atoms with Crippen molar-refractivity contribution in [3.63, 3.8) is 0 Å². The van der Waals surface area contributed by atoms with Crippen LogP contribution in [0.15, 0.2) is 59.4 Å². The average Bonchev–Trinajstić information content (AvgIpc) is 3.61. The average molecular weight is 488 g/mol. The van der Waals surface area contributed by atoms with Gasteiger partial charge in [-0.3, -0.25) is 4.98 Å². The van der Waals surface area contributed by atoms with Gasteiger partial charge in [0.2, 0.25) is 11.7 Å². The lowest BCUT2D eigenvalue weighted by Crippen LogP contribution is -2.56. The lowest BCUT2D eigenvalue weighted by molar-refractivity contribution is 0.0254. The zero-order valence-corrected chi connectivity index (χ0v) is 20.6. The van der Waals surface area contributed by atoms with Gasteiger partial charge in [-0.05, 0) is 36.0 Å². The highest BCUT2D eigenvalue weighted by molar-refractivity contribution is 5.67. The summed E-state index contributed by atoms with van der Waals surface area (Å²) in [5.41, 5.74) is 2.52. The third-order valence-corrected chi connectivity index (χ3v) is 7.05. The molecule has 1 aliphatic heterocycles. The molecule has 0 radical (unpaired) electrons. The van der Waals surface area contributed by atoms with Crippen LogP contribution in [-0.2, 0) is 13.0 Å². The number of hydrogen-bond acceptors (Lipinski definition) is 7. The van der Waals surface area contributed by atoms with Crippen LogP contribution in [0.5, 0.6) is 0 Å². The van der Waals surface area contributed by atoms with Gasteiger partial charge in [-0.2, -0.15) is 4.98 Å². The summed E-state index contributed by atoms with van der Waals surface area (Å²) in [6.07, 6.45) is 4.67. The third kappa shape index (κ3) is 4.46. The number of likely N-dealkylation sites (tertiary alicyclic amines) is 1. The first kappa shape index (κ1) is 23.7. The molecule has 4 heterocycles. The second-order valence-electron chi connectivity index (χ2n) is 10.2. The molecule has 10 nitrogen and oxygen atoms in total. The molecule has 1 saturated heterocycles. The van der Waals surface area contributed by atoms with E-state index in [2.05, 4.69) is 46.2 Å². The number of carbonyl (C=O) groups is 1. The molecule has 3 aromatic heterocycles. The number of aromatic nitrogens is 6. The number of pyridine rings is 1. The smallest absolute Gasteiger partial charge is 0.407 e. The molecule has 1 aromatic carbocycles. The van der Waals surface area contributed by atoms with Crippen LogP contribution in [0.1, 0.15) is 45.1 Å². The maximum absolute atomic E-state index is 12.0. The molecule has 0 aliphatic carbocycles. The number of hydrogen-bond donors (Lipinski definition) is 1. The van der Waals surface area contributed by atoms with E-state index in [4.69, 9.17) is 4.52 Å². The van der Waals surface area contributed by atoms with E-state index in [1.54, 1.807) is 15.8 Å². The molecule has 0 spiro atoms. The summed E-state index contributed by atoms with van der Waals surface area (Å²) in [4.78, 5) is 22.4. The number of rotatable bonds is 6. The minimum Gasteiger partial charge on any atom is -0.465 e. The molecule has 36 heavy (non-hydrogen) atoms. The minimum absolute atomic E-state index is 0.282. The molecular formula is C26H29N7O3. The topological polar surface area (TPSA) is 123 Å². The molecule has 1 aliphatic rings. The molecule has 5 rings (SSSR count). The first-order chi connectivity index (χ1) is 17.2. The van der Waals surface area contributed by atoms with E-state index in [9.17, 15) is 9.90 Å². The molecule has 186 valence electrons. The minimum atomic E-state index is -0.905. The quantitative estimate of drug-likeness (QED) is 0.420. The van der Waals surface area contributed by atoms with Gasteiger partial charge < -0.3 is 14.5 Å². The maximum atomic E-state index is 12.0. The molecule has 0 saturated carbocycles. The SMILES string of the molecule is CC(C)(C)C1(Cc2nc(-c3ccc(Cn4cc(-c5ccccn5)nn4)cc3)no2)CCCN1C(=O)O. The van der Waals surface area contributed by atoms with Crippen molar-refractivity contribution in [1.82, 2.24) is 35.0 Å². The zero-order valence-electron chi connectivity index (χ0n) is 20.6. The van der Waals surface area contributed by atoms with Gasteiger partial charge in [0.25, 0.3) is 0 Å². The molecule has 10 heteroatoms. The van der Waals surface area contributed by atoms with Crippen molar-refractivity contribution in [3.8, 4) is 22.8 Å². The zero-order chi connectivity index (χ0) is 25.3. The van der Waals surface area contributed by atoms with Gasteiger partial charge >= 0.3 is 6.09 Å². The molecule has 1 N–H and O–H groups in total. The van der Waals surface area contributed by atoms with Gasteiger partial charge in [0, 0.05) is 18.3 Å². The monoisotopic (exact) mass is 487 g/mol. The van der Waals surface area contributed by atoms with Crippen molar-refractivity contribution in [3.05, 3.63) is 66.3 Å². The van der Waals surface area contributed by atoms with Crippen LogP contribution >= 0.6 is 0 Å². The first-order valence-electron chi connectivity index (χ1n) is 12.0. The van der Waals surface area contributed by atoms with Crippen molar-refractivity contribution < 1.29 is 14.4 Å². The number of carboxylic acid groups (broad SMARTS) is 1. The van der Waals surface area contributed by atoms with Crippen LogP contribution in [-0.4, -0.2) is 58.3 Å². The molecule has 1 unspecified atom stereocenters. The number of benzene rings is 1. The fraction of sp³-hybridized carbons (Fsp3) is 0.385. The Labute approximate surface area is 209 Å². The van der Waals surface area contributed by atoms with Crippen LogP contribution in [0, 0.1) is 5.41 Å². The summed E-state index contributed by atoms with van der Waals surface area (Å²) in [6.45, 7) is 7.29. The van der Waals surface area contributed by atoms with Crippen molar-refractivity contribution in [1.29, 1.82) is 0 Å². The standard InChI is InChI=1S/C26H29N7O3/c1-25(2,3)26(12-6-14-33(26)24(34)35)15-22-28-23(30-36-22)19-10-8-18(9-11-19)16-32-17-21(29-31-32)20-7-4-5-13-27-20/h4-5,7-11,13,17H,6,12,14-16H2,1-3H3,(H,34,35). The summed E-state index contributed by atoms with van der Waals surface area (Å²) in [5, 5.41) is 22.4. The lowest BCUT2D eigenvalue weighted by atomic mass is 9.70. The van der Waals surface area contributed by atoms with Crippen molar-refractivity contribution >= 4 is 6.09 Å². The van der Waals surface area contributed by atoms with Crippen LogP contribution in [0.2, 0.25) is 0 Å². The van der Waals surface area contributed by atoms with E-state index >= 15 is 0 Å². The molecule has 1 atom stereocenters. The van der Waals surface area contributed by atoms with Gasteiger partial charge in [-0.25, -0.2) is 9.48 Å². The Hall–Kier alpha value is -4.08. The fourth-order valence-electron chi connectivity index (χ4n) is 5.03. The Kier molecular flexibility index (Phi) is 6.03. The second-order valence-corrected chi connectivity index (χ2v) is 10.2. The Balaban J connectivity index is 1.30. The largest absolute Gasteiger partial charge is 0.465 e. The second kappa shape index (κ2) is 9.18. The van der Waals surface area contributed by atoms with Gasteiger partial charge in [0.1, 0.15) is 5.69 Å². The van der Waals surface area contributed by atoms with E-state index in [1.807, 2.05) is 48.7 Å². The number of nitrogens with zero attached hydrogens (tertiary/aromatic N) is 7. The van der Waals surface area contributed by atoms with Gasteiger partial charge in [0.15, 0.2) is 0 Å². The van der Waals surface area contributed by atoms with E-state index in [1.165, 1.54) is 0 Å². The van der Waals surface area contributed by atoms with E-state index in [-0.39, 0.29) is 5.41 Å². The highest BCUT2D eigenvalue weighted by Crippen LogP contribution is 2.45. The van der Waals surface area contributed by atoms with Gasteiger partial charge in [-0.1, -0.05) is 61.5 Å². The van der Waals surface area contributed by atoms with Crippen LogP contribution in [0.25, 0.3) is 22.8 Å². The van der Waals surface area contributed by atoms with Gasteiger partial charge in [0.05, 0.1) is 30.4 Å². The Morgan fingerprint density at radius 2 is 1.94 bits per heavy atom. The highest BCUT2D eigenvalue weighted by Gasteiger charge is 2.52. The van der Waals surface area contributed by atoms with Crippen LogP contribution < -0.4 is 0 Å². The van der Waals surface area contributed by atoms with Crippen molar-refractivity contribution in [2.45, 2.75) is 52.1 Å². The third-order valence-electron chi connectivity index (χ3n) is 7.05. The lowest BCUT2D eigenvalue weighted by Gasteiger charge is -2.46. The normalized spacial score (nSPS) is 18.0. The predicted octanol–water partition coefficient (Wildman–Crippen LogP) is 4.54. The summed E-state index contributed by atoms with van der Waals surface area (Å²) in [5.74, 6) is 0.931. The molecular weight excluding hydrogens is 458 g/mol. The number of amides is 1. The Bertz CT molecular complexity index is 1340. The van der Waals surface area contributed by atoms with Gasteiger partial charge in [-0.15, -0.1) is 5.10 Å². The Morgan fingerprint density at radius 1 is 1.14 bits per heavy atom. The first-order valence-corrected chi connectivity index (χ1v) is 12.0.